The molecule has 1 unspecified atom stereocenters. The standard InChI is InChI=1S/C9H10BrF2NO/c10-5-3-6(8(14)1-2-13)9(12)7(11)4-5/h3-4,8,14H,1-2,13H2. The highest BCUT2D eigenvalue weighted by Gasteiger charge is 2.16. The Morgan fingerprint density at radius 1 is 1.43 bits per heavy atom. The molecule has 3 N–H and O–H groups in total. The third kappa shape index (κ3) is 2.50. The van der Waals surface area contributed by atoms with Crippen LogP contribution < -0.4 is 5.73 Å². The van der Waals surface area contributed by atoms with Gasteiger partial charge in [-0.25, -0.2) is 8.78 Å². The molecule has 0 bridgehead atoms. The van der Waals surface area contributed by atoms with Gasteiger partial charge in [-0.2, -0.15) is 0 Å². The molecule has 0 saturated heterocycles. The number of nitrogens with two attached hydrogens (primary N) is 1. The van der Waals surface area contributed by atoms with Crippen molar-refractivity contribution in [3.05, 3.63) is 33.8 Å². The molecular weight excluding hydrogens is 256 g/mol. The Morgan fingerprint density at radius 3 is 2.64 bits per heavy atom. The van der Waals surface area contributed by atoms with Crippen molar-refractivity contribution in [1.29, 1.82) is 0 Å². The summed E-state index contributed by atoms with van der Waals surface area (Å²) in [4.78, 5) is 0. The molecule has 0 aliphatic rings. The zero-order valence-electron chi connectivity index (χ0n) is 7.30. The predicted molar refractivity (Wildman–Crippen MR) is 52.7 cm³/mol. The molecule has 0 radical (unpaired) electrons. The quantitative estimate of drug-likeness (QED) is 0.823. The molecule has 0 aliphatic heterocycles. The first-order valence-electron chi connectivity index (χ1n) is 4.09. The van der Waals surface area contributed by atoms with Crippen LogP contribution in [0.5, 0.6) is 0 Å². The van der Waals surface area contributed by atoms with Gasteiger partial charge in [0.25, 0.3) is 0 Å². The van der Waals surface area contributed by atoms with E-state index in [0.717, 1.165) is 6.07 Å². The van der Waals surface area contributed by atoms with Gasteiger partial charge in [0.05, 0.1) is 6.10 Å². The van der Waals surface area contributed by atoms with E-state index >= 15 is 0 Å². The van der Waals surface area contributed by atoms with E-state index in [2.05, 4.69) is 15.9 Å². The van der Waals surface area contributed by atoms with Crippen LogP contribution in [-0.4, -0.2) is 11.7 Å². The average molecular weight is 266 g/mol. The second-order valence-corrected chi connectivity index (χ2v) is 3.80. The monoisotopic (exact) mass is 265 g/mol. The van der Waals surface area contributed by atoms with Crippen LogP contribution in [0.2, 0.25) is 0 Å². The lowest BCUT2D eigenvalue weighted by Gasteiger charge is -2.11. The fraction of sp³-hybridized carbons (Fsp3) is 0.333. The first-order valence-corrected chi connectivity index (χ1v) is 4.88. The van der Waals surface area contributed by atoms with E-state index in [1.165, 1.54) is 6.07 Å². The summed E-state index contributed by atoms with van der Waals surface area (Å²) in [6, 6.07) is 2.35. The predicted octanol–water partition coefficient (Wildman–Crippen LogP) is 2.11. The third-order valence-electron chi connectivity index (χ3n) is 1.82. The van der Waals surface area contributed by atoms with E-state index in [1.54, 1.807) is 0 Å². The minimum absolute atomic E-state index is 0.0673. The summed E-state index contributed by atoms with van der Waals surface area (Å²) in [5.41, 5.74) is 5.14. The molecule has 1 atom stereocenters. The third-order valence-corrected chi connectivity index (χ3v) is 2.28. The van der Waals surface area contributed by atoms with Gasteiger partial charge in [-0.15, -0.1) is 0 Å². The summed E-state index contributed by atoms with van der Waals surface area (Å²) >= 11 is 3.02. The van der Waals surface area contributed by atoms with Crippen molar-refractivity contribution in [3.8, 4) is 0 Å². The lowest BCUT2D eigenvalue weighted by atomic mass is 10.1. The van der Waals surface area contributed by atoms with Crippen LogP contribution in [0.4, 0.5) is 8.78 Å². The van der Waals surface area contributed by atoms with Crippen LogP contribution in [0, 0.1) is 11.6 Å². The number of halogens is 3. The molecule has 1 aromatic carbocycles. The van der Waals surface area contributed by atoms with Crippen LogP contribution >= 0.6 is 15.9 Å². The fourth-order valence-electron chi connectivity index (χ4n) is 1.13. The van der Waals surface area contributed by atoms with Crippen LogP contribution in [0.25, 0.3) is 0 Å². The van der Waals surface area contributed by atoms with E-state index < -0.39 is 17.7 Å². The zero-order valence-corrected chi connectivity index (χ0v) is 8.89. The normalized spacial score (nSPS) is 12.9. The maximum absolute atomic E-state index is 13.2. The molecule has 0 aromatic heterocycles. The SMILES string of the molecule is NCCC(O)c1cc(Br)cc(F)c1F. The Morgan fingerprint density at radius 2 is 2.07 bits per heavy atom. The molecule has 0 heterocycles. The number of hydrogen-bond acceptors (Lipinski definition) is 2. The smallest absolute Gasteiger partial charge is 0.164 e. The second kappa shape index (κ2) is 4.82. The van der Waals surface area contributed by atoms with E-state index in [0.29, 0.717) is 4.47 Å². The lowest BCUT2D eigenvalue weighted by Crippen LogP contribution is -2.09. The lowest BCUT2D eigenvalue weighted by molar-refractivity contribution is 0.164. The van der Waals surface area contributed by atoms with Gasteiger partial charge in [0.1, 0.15) is 0 Å². The molecule has 78 valence electrons. The molecule has 0 saturated carbocycles. The Labute approximate surface area is 88.9 Å². The van der Waals surface area contributed by atoms with Crippen LogP contribution in [-0.2, 0) is 0 Å². The minimum Gasteiger partial charge on any atom is -0.388 e. The van der Waals surface area contributed by atoms with Crippen molar-refractivity contribution in [2.75, 3.05) is 6.54 Å². The summed E-state index contributed by atoms with van der Waals surface area (Å²) in [5, 5.41) is 9.44. The number of rotatable bonds is 3. The maximum Gasteiger partial charge on any atom is 0.164 e. The molecule has 14 heavy (non-hydrogen) atoms. The van der Waals surface area contributed by atoms with Gasteiger partial charge in [-0.3, -0.25) is 0 Å². The van der Waals surface area contributed by atoms with Gasteiger partial charge < -0.3 is 10.8 Å². The minimum atomic E-state index is -1.06. The van der Waals surface area contributed by atoms with E-state index in [9.17, 15) is 13.9 Å². The molecule has 0 amide bonds. The van der Waals surface area contributed by atoms with E-state index in [-0.39, 0.29) is 18.5 Å². The molecule has 5 heteroatoms. The van der Waals surface area contributed by atoms with Crippen molar-refractivity contribution < 1.29 is 13.9 Å². The summed E-state index contributed by atoms with van der Waals surface area (Å²) < 4.78 is 26.4. The van der Waals surface area contributed by atoms with Crippen LogP contribution in [0.1, 0.15) is 18.1 Å². The van der Waals surface area contributed by atoms with Crippen molar-refractivity contribution >= 4 is 15.9 Å². The van der Waals surface area contributed by atoms with E-state index in [4.69, 9.17) is 5.73 Å². The Bertz CT molecular complexity index is 333. The molecule has 0 spiro atoms. The molecule has 0 aliphatic carbocycles. The topological polar surface area (TPSA) is 46.2 Å². The molecule has 1 rings (SSSR count). The highest BCUT2D eigenvalue weighted by atomic mass is 79.9. The van der Waals surface area contributed by atoms with Crippen molar-refractivity contribution in [1.82, 2.24) is 0 Å². The van der Waals surface area contributed by atoms with Gasteiger partial charge in [-0.05, 0) is 25.1 Å². The molecule has 0 fully saturated rings. The Kier molecular flexibility index (Phi) is 3.97. The van der Waals surface area contributed by atoms with Crippen LogP contribution in [0.15, 0.2) is 16.6 Å². The number of hydrogen-bond donors (Lipinski definition) is 2. The van der Waals surface area contributed by atoms with Gasteiger partial charge in [0.15, 0.2) is 11.6 Å². The summed E-state index contributed by atoms with van der Waals surface area (Å²) in [6.07, 6.45) is -0.862. The van der Waals surface area contributed by atoms with E-state index in [1.807, 2.05) is 0 Å². The Balaban J connectivity index is 3.07. The maximum atomic E-state index is 13.2. The van der Waals surface area contributed by atoms with Crippen molar-refractivity contribution in [2.24, 2.45) is 5.73 Å². The van der Waals surface area contributed by atoms with Gasteiger partial charge in [0.2, 0.25) is 0 Å². The number of aliphatic hydroxyl groups excluding tert-OH is 1. The van der Waals surface area contributed by atoms with Crippen molar-refractivity contribution in [2.45, 2.75) is 12.5 Å². The number of benzene rings is 1. The zero-order chi connectivity index (χ0) is 10.7. The first kappa shape index (κ1) is 11.6. The molecule has 2 nitrogen and oxygen atoms in total. The van der Waals surface area contributed by atoms with Gasteiger partial charge in [-0.1, -0.05) is 15.9 Å². The van der Waals surface area contributed by atoms with Crippen molar-refractivity contribution in [3.63, 3.8) is 0 Å². The highest BCUT2D eigenvalue weighted by molar-refractivity contribution is 9.10. The first-order chi connectivity index (χ1) is 6.56. The molecular formula is C9H10BrF2NO. The summed E-state index contributed by atoms with van der Waals surface area (Å²) in [7, 11) is 0. The van der Waals surface area contributed by atoms with Gasteiger partial charge >= 0.3 is 0 Å². The Hall–Kier alpha value is -0.520. The summed E-state index contributed by atoms with van der Waals surface area (Å²) in [5.74, 6) is -2.00. The highest BCUT2D eigenvalue weighted by Crippen LogP contribution is 2.25. The number of aliphatic hydroxyl groups is 1. The average Bonchev–Trinajstić information content (AvgIpc) is 2.11. The molecule has 1 aromatic rings. The fourth-order valence-corrected chi connectivity index (χ4v) is 1.58. The van der Waals surface area contributed by atoms with Gasteiger partial charge in [0, 0.05) is 10.0 Å². The summed E-state index contributed by atoms with van der Waals surface area (Å²) in [6.45, 7) is 0.217. The van der Waals surface area contributed by atoms with Crippen LogP contribution in [0.3, 0.4) is 0 Å². The second-order valence-electron chi connectivity index (χ2n) is 2.88. The largest absolute Gasteiger partial charge is 0.388 e.